The first-order chi connectivity index (χ1) is 13.9. The molecule has 0 radical (unpaired) electrons. The molecule has 154 valence electrons. The van der Waals surface area contributed by atoms with Crippen LogP contribution in [-0.4, -0.2) is 21.4 Å². The maximum Gasteiger partial charge on any atom is 0.262 e. The number of methoxy groups -OCH3 is 1. The van der Waals surface area contributed by atoms with Gasteiger partial charge in [-0.2, -0.15) is 0 Å². The van der Waals surface area contributed by atoms with Crippen molar-refractivity contribution in [3.63, 3.8) is 0 Å². The molecule has 4 rings (SSSR count). The van der Waals surface area contributed by atoms with Crippen molar-refractivity contribution in [1.82, 2.24) is 0 Å². The van der Waals surface area contributed by atoms with Gasteiger partial charge in [-0.05, 0) is 73.6 Å². The molecular weight excluding hydrogens is 395 g/mol. The van der Waals surface area contributed by atoms with E-state index in [1.54, 1.807) is 12.1 Å². The Morgan fingerprint density at radius 2 is 1.86 bits per heavy atom. The lowest BCUT2D eigenvalue weighted by atomic mass is 9.88. The molecule has 0 spiro atoms. The van der Waals surface area contributed by atoms with E-state index in [-0.39, 0.29) is 22.4 Å². The molecule has 0 saturated heterocycles. The van der Waals surface area contributed by atoms with E-state index in [4.69, 9.17) is 4.74 Å². The quantitative estimate of drug-likeness (QED) is 0.742. The standard InChI is InChI=1S/C21H23FN2O4S/c1-28-20-9-6-16(23-21(25)18-11-13-2-3-14(18)10-13)12-19(20)24-29(26,27)17-7-4-15(22)5-8-17/h4-9,12-14,18,24H,2-3,10-11H2,1H3,(H,23,25). The molecule has 6 nitrogen and oxygen atoms in total. The number of halogens is 1. The van der Waals surface area contributed by atoms with Crippen LogP contribution in [0, 0.1) is 23.6 Å². The molecule has 2 aromatic carbocycles. The van der Waals surface area contributed by atoms with Gasteiger partial charge in [0.1, 0.15) is 11.6 Å². The third kappa shape index (κ3) is 4.07. The Bertz CT molecular complexity index is 1020. The van der Waals surface area contributed by atoms with E-state index in [2.05, 4.69) is 10.0 Å². The van der Waals surface area contributed by atoms with E-state index in [1.807, 2.05) is 0 Å². The number of ether oxygens (including phenoxy) is 1. The Morgan fingerprint density at radius 1 is 1.10 bits per heavy atom. The van der Waals surface area contributed by atoms with Crippen LogP contribution < -0.4 is 14.8 Å². The van der Waals surface area contributed by atoms with Gasteiger partial charge in [-0.1, -0.05) is 6.42 Å². The molecule has 2 bridgehead atoms. The third-order valence-electron chi connectivity index (χ3n) is 5.91. The zero-order valence-electron chi connectivity index (χ0n) is 16.0. The number of amides is 1. The first-order valence-corrected chi connectivity index (χ1v) is 11.1. The van der Waals surface area contributed by atoms with Gasteiger partial charge in [0.2, 0.25) is 5.91 Å². The van der Waals surface area contributed by atoms with Crippen molar-refractivity contribution in [3.05, 3.63) is 48.3 Å². The van der Waals surface area contributed by atoms with Crippen molar-refractivity contribution in [1.29, 1.82) is 0 Å². The first-order valence-electron chi connectivity index (χ1n) is 9.63. The number of hydrogen-bond donors (Lipinski definition) is 2. The largest absolute Gasteiger partial charge is 0.495 e. The van der Waals surface area contributed by atoms with Gasteiger partial charge in [-0.25, -0.2) is 12.8 Å². The van der Waals surface area contributed by atoms with Gasteiger partial charge < -0.3 is 10.1 Å². The lowest BCUT2D eigenvalue weighted by molar-refractivity contribution is -0.121. The van der Waals surface area contributed by atoms with E-state index < -0.39 is 15.8 Å². The van der Waals surface area contributed by atoms with Gasteiger partial charge in [-0.3, -0.25) is 9.52 Å². The molecule has 1 amide bonds. The Kier molecular flexibility index (Phi) is 5.21. The average Bonchev–Trinajstić information content (AvgIpc) is 3.32. The fourth-order valence-corrected chi connectivity index (χ4v) is 5.54. The fourth-order valence-electron chi connectivity index (χ4n) is 4.48. The Hall–Kier alpha value is -2.61. The molecule has 2 N–H and O–H groups in total. The average molecular weight is 418 g/mol. The predicted octanol–water partition coefficient (Wildman–Crippen LogP) is 4.01. The summed E-state index contributed by atoms with van der Waals surface area (Å²) in [6.45, 7) is 0. The maximum atomic E-state index is 13.1. The highest BCUT2D eigenvalue weighted by atomic mass is 32.2. The molecule has 3 atom stereocenters. The zero-order chi connectivity index (χ0) is 20.6. The van der Waals surface area contributed by atoms with Crippen LogP contribution in [0.1, 0.15) is 25.7 Å². The topological polar surface area (TPSA) is 84.5 Å². The smallest absolute Gasteiger partial charge is 0.262 e. The summed E-state index contributed by atoms with van der Waals surface area (Å²) in [6.07, 6.45) is 4.38. The number of nitrogens with one attached hydrogen (secondary N) is 2. The molecule has 29 heavy (non-hydrogen) atoms. The van der Waals surface area contributed by atoms with Crippen molar-refractivity contribution in [2.45, 2.75) is 30.6 Å². The minimum Gasteiger partial charge on any atom is -0.495 e. The monoisotopic (exact) mass is 418 g/mol. The molecule has 0 aromatic heterocycles. The van der Waals surface area contributed by atoms with E-state index >= 15 is 0 Å². The second-order valence-electron chi connectivity index (χ2n) is 7.75. The van der Waals surface area contributed by atoms with Crippen LogP contribution in [0.4, 0.5) is 15.8 Å². The third-order valence-corrected chi connectivity index (χ3v) is 7.29. The highest BCUT2D eigenvalue weighted by Crippen LogP contribution is 2.48. The summed E-state index contributed by atoms with van der Waals surface area (Å²) in [5.74, 6) is 0.907. The maximum absolute atomic E-state index is 13.1. The second kappa shape index (κ2) is 7.67. The first kappa shape index (κ1) is 19.7. The number of carbonyl (C=O) groups excluding carboxylic acids is 1. The highest BCUT2D eigenvalue weighted by molar-refractivity contribution is 7.92. The zero-order valence-corrected chi connectivity index (χ0v) is 16.8. The van der Waals surface area contributed by atoms with Gasteiger partial charge in [0.05, 0.1) is 17.7 Å². The molecule has 2 aromatic rings. The number of rotatable bonds is 6. The summed E-state index contributed by atoms with van der Waals surface area (Å²) < 4.78 is 46.1. The number of benzene rings is 2. The fraction of sp³-hybridized carbons (Fsp3) is 0.381. The Balaban J connectivity index is 1.53. The molecule has 2 aliphatic carbocycles. The molecule has 0 heterocycles. The minimum atomic E-state index is -3.94. The lowest BCUT2D eigenvalue weighted by Crippen LogP contribution is -2.27. The summed E-state index contributed by atoms with van der Waals surface area (Å²) in [4.78, 5) is 12.6. The lowest BCUT2D eigenvalue weighted by Gasteiger charge is -2.21. The van der Waals surface area contributed by atoms with E-state index in [9.17, 15) is 17.6 Å². The molecule has 8 heteroatoms. The van der Waals surface area contributed by atoms with Crippen LogP contribution in [0.5, 0.6) is 5.75 Å². The van der Waals surface area contributed by atoms with Crippen LogP contribution in [0.25, 0.3) is 0 Å². The van der Waals surface area contributed by atoms with Crippen molar-refractivity contribution in [2.75, 3.05) is 17.1 Å². The van der Waals surface area contributed by atoms with Crippen molar-refractivity contribution in [3.8, 4) is 5.75 Å². The number of carbonyl (C=O) groups is 1. The van der Waals surface area contributed by atoms with Crippen molar-refractivity contribution < 1.29 is 22.3 Å². The van der Waals surface area contributed by atoms with Crippen LogP contribution in [0.15, 0.2) is 47.4 Å². The van der Waals surface area contributed by atoms with Gasteiger partial charge in [-0.15, -0.1) is 0 Å². The summed E-state index contributed by atoms with van der Waals surface area (Å²) in [7, 11) is -2.51. The summed E-state index contributed by atoms with van der Waals surface area (Å²) >= 11 is 0. The normalized spacial score (nSPS) is 23.0. The van der Waals surface area contributed by atoms with Gasteiger partial charge in [0.25, 0.3) is 10.0 Å². The van der Waals surface area contributed by atoms with Crippen molar-refractivity contribution in [2.24, 2.45) is 17.8 Å². The predicted molar refractivity (Wildman–Crippen MR) is 108 cm³/mol. The molecule has 3 unspecified atom stereocenters. The summed E-state index contributed by atoms with van der Waals surface area (Å²) in [5, 5.41) is 2.91. The van der Waals surface area contributed by atoms with Crippen molar-refractivity contribution >= 4 is 27.3 Å². The molecule has 2 aliphatic rings. The summed E-state index contributed by atoms with van der Waals surface area (Å²) in [6, 6.07) is 9.34. The van der Waals surface area contributed by atoms with Crippen LogP contribution in [0.3, 0.4) is 0 Å². The van der Waals surface area contributed by atoms with E-state index in [0.29, 0.717) is 23.3 Å². The van der Waals surface area contributed by atoms with Gasteiger partial charge in [0, 0.05) is 11.6 Å². The van der Waals surface area contributed by atoms with Gasteiger partial charge in [0.15, 0.2) is 0 Å². The number of hydrogen-bond acceptors (Lipinski definition) is 4. The SMILES string of the molecule is COc1ccc(NC(=O)C2CC3CCC2C3)cc1NS(=O)(=O)c1ccc(F)cc1. The molecule has 2 saturated carbocycles. The Morgan fingerprint density at radius 3 is 2.48 bits per heavy atom. The minimum absolute atomic E-state index is 0.0188. The molecule has 2 fully saturated rings. The number of anilines is 2. The number of fused-ring (bicyclic) bond motifs is 2. The number of sulfonamides is 1. The van der Waals surface area contributed by atoms with Crippen LogP contribution >= 0.6 is 0 Å². The molecular formula is C21H23FN2O4S. The van der Waals surface area contributed by atoms with E-state index in [0.717, 1.165) is 31.4 Å². The second-order valence-corrected chi connectivity index (χ2v) is 9.43. The highest BCUT2D eigenvalue weighted by Gasteiger charge is 2.43. The van der Waals surface area contributed by atoms with Crippen LogP contribution in [-0.2, 0) is 14.8 Å². The molecule has 0 aliphatic heterocycles. The Labute approximate surface area is 169 Å². The van der Waals surface area contributed by atoms with Gasteiger partial charge >= 0.3 is 0 Å². The van der Waals surface area contributed by atoms with E-state index in [1.165, 1.54) is 31.7 Å². The summed E-state index contributed by atoms with van der Waals surface area (Å²) in [5.41, 5.74) is 0.693. The van der Waals surface area contributed by atoms with Crippen LogP contribution in [0.2, 0.25) is 0 Å².